The highest BCUT2D eigenvalue weighted by Gasteiger charge is 2.18. The molecule has 25 heavy (non-hydrogen) atoms. The average molecular weight is 347 g/mol. The van der Waals surface area contributed by atoms with E-state index in [-0.39, 0.29) is 12.2 Å². The van der Waals surface area contributed by atoms with E-state index in [4.69, 9.17) is 4.74 Å². The van der Waals surface area contributed by atoms with Crippen LogP contribution in [0.25, 0.3) is 0 Å². The average Bonchev–Trinajstić information content (AvgIpc) is 2.61. The number of hydrogen-bond donors (Lipinski definition) is 2. The van der Waals surface area contributed by atoms with E-state index in [1.165, 1.54) is 7.11 Å². The maximum Gasteiger partial charge on any atom is 0.313 e. The normalized spacial score (nSPS) is 10.0. The summed E-state index contributed by atoms with van der Waals surface area (Å²) >= 11 is 0. The smallest absolute Gasteiger partial charge is 0.313 e. The molecule has 2 N–H and O–H groups in total. The van der Waals surface area contributed by atoms with Gasteiger partial charge in [0, 0.05) is 18.3 Å². The molecule has 0 saturated heterocycles. The number of methoxy groups -OCH3 is 1. The number of anilines is 1. The van der Waals surface area contributed by atoms with Crippen molar-refractivity contribution in [3.63, 3.8) is 0 Å². The van der Waals surface area contributed by atoms with E-state index in [9.17, 15) is 24.1 Å². The molecule has 0 unspecified atom stereocenters. The van der Waals surface area contributed by atoms with Gasteiger partial charge in [0.15, 0.2) is 0 Å². The zero-order valence-corrected chi connectivity index (χ0v) is 13.1. The molecule has 2 rings (SSSR count). The molecule has 0 bridgehead atoms. The second-order valence-corrected chi connectivity index (χ2v) is 4.91. The third-order valence-electron chi connectivity index (χ3n) is 3.22. The van der Waals surface area contributed by atoms with Gasteiger partial charge in [-0.15, -0.1) is 0 Å². The van der Waals surface area contributed by atoms with E-state index in [1.807, 2.05) is 0 Å². The zero-order valence-electron chi connectivity index (χ0n) is 13.1. The quantitative estimate of drug-likeness (QED) is 0.488. The number of ether oxygens (including phenoxy) is 1. The molecule has 0 atom stereocenters. The Bertz CT molecular complexity index is 808. The summed E-state index contributed by atoms with van der Waals surface area (Å²) in [6.07, 6.45) is 0. The highest BCUT2D eigenvalue weighted by Crippen LogP contribution is 2.21. The summed E-state index contributed by atoms with van der Waals surface area (Å²) in [4.78, 5) is 33.3. The predicted octanol–water partition coefficient (Wildman–Crippen LogP) is 2.00. The first-order valence-electron chi connectivity index (χ1n) is 7.06. The molecule has 0 saturated carbocycles. The number of carbonyl (C=O) groups excluding carboxylic acids is 2. The van der Waals surface area contributed by atoms with E-state index in [2.05, 4.69) is 10.6 Å². The summed E-state index contributed by atoms with van der Waals surface area (Å²) in [5.41, 5.74) is -0.103. The van der Waals surface area contributed by atoms with Gasteiger partial charge in [-0.05, 0) is 29.8 Å². The van der Waals surface area contributed by atoms with Crippen LogP contribution in [-0.2, 0) is 16.1 Å². The van der Waals surface area contributed by atoms with Gasteiger partial charge < -0.3 is 15.4 Å². The van der Waals surface area contributed by atoms with Gasteiger partial charge in [0.05, 0.1) is 12.0 Å². The molecular weight excluding hydrogens is 333 g/mol. The summed E-state index contributed by atoms with van der Waals surface area (Å²) in [5, 5.41) is 15.2. The number of nitro benzene ring substituents is 1. The van der Waals surface area contributed by atoms with Crippen LogP contribution in [-0.4, -0.2) is 23.8 Å². The zero-order chi connectivity index (χ0) is 18.4. The van der Waals surface area contributed by atoms with Crippen LogP contribution in [0.2, 0.25) is 0 Å². The first-order chi connectivity index (χ1) is 11.9. The lowest BCUT2D eigenvalue weighted by molar-refractivity contribution is -0.387. The molecular formula is C16H14FN3O5. The fourth-order valence-electron chi connectivity index (χ4n) is 1.92. The Morgan fingerprint density at radius 1 is 1.16 bits per heavy atom. The van der Waals surface area contributed by atoms with Crippen LogP contribution in [0.1, 0.15) is 5.56 Å². The predicted molar refractivity (Wildman–Crippen MR) is 86.5 cm³/mol. The minimum absolute atomic E-state index is 0.0577. The number of hydrogen-bond acceptors (Lipinski definition) is 5. The molecule has 2 aromatic rings. The number of nitro groups is 1. The Kier molecular flexibility index (Phi) is 5.62. The summed E-state index contributed by atoms with van der Waals surface area (Å²) < 4.78 is 18.2. The van der Waals surface area contributed by atoms with Gasteiger partial charge in [0.25, 0.3) is 0 Å². The Morgan fingerprint density at radius 3 is 2.44 bits per heavy atom. The van der Waals surface area contributed by atoms with Crippen molar-refractivity contribution in [2.24, 2.45) is 0 Å². The lowest BCUT2D eigenvalue weighted by Gasteiger charge is -2.07. The van der Waals surface area contributed by atoms with Gasteiger partial charge in [0.2, 0.25) is 5.82 Å². The van der Waals surface area contributed by atoms with Crippen LogP contribution in [0.3, 0.4) is 0 Å². The lowest BCUT2D eigenvalue weighted by Crippen LogP contribution is -2.34. The van der Waals surface area contributed by atoms with Gasteiger partial charge >= 0.3 is 17.5 Å². The molecule has 0 aliphatic heterocycles. The Hall–Kier alpha value is -3.49. The highest BCUT2D eigenvalue weighted by atomic mass is 19.1. The van der Waals surface area contributed by atoms with Crippen LogP contribution in [0, 0.1) is 15.9 Å². The van der Waals surface area contributed by atoms with Crippen LogP contribution in [0.15, 0.2) is 42.5 Å². The molecule has 2 amide bonds. The van der Waals surface area contributed by atoms with E-state index in [0.717, 1.165) is 23.8 Å². The van der Waals surface area contributed by atoms with Crippen molar-refractivity contribution in [3.05, 3.63) is 64.0 Å². The number of nitrogens with one attached hydrogen (secondary N) is 2. The van der Waals surface area contributed by atoms with Crippen molar-refractivity contribution in [2.45, 2.75) is 6.54 Å². The molecule has 0 heterocycles. The minimum atomic E-state index is -1.04. The van der Waals surface area contributed by atoms with Crippen molar-refractivity contribution in [3.8, 4) is 5.75 Å². The van der Waals surface area contributed by atoms with Crippen molar-refractivity contribution in [1.82, 2.24) is 5.32 Å². The van der Waals surface area contributed by atoms with Crippen molar-refractivity contribution in [2.75, 3.05) is 12.4 Å². The van der Waals surface area contributed by atoms with Crippen LogP contribution in [0.4, 0.5) is 15.8 Å². The van der Waals surface area contributed by atoms with Crippen molar-refractivity contribution in [1.29, 1.82) is 0 Å². The number of nitrogens with zero attached hydrogens (tertiary/aromatic N) is 1. The summed E-state index contributed by atoms with van der Waals surface area (Å²) in [6.45, 7) is 0.111. The molecule has 0 radical (unpaired) electrons. The first kappa shape index (κ1) is 17.9. The topological polar surface area (TPSA) is 111 Å². The maximum atomic E-state index is 13.2. The van der Waals surface area contributed by atoms with Gasteiger partial charge in [-0.1, -0.05) is 12.1 Å². The van der Waals surface area contributed by atoms with Crippen LogP contribution in [0.5, 0.6) is 5.75 Å². The number of benzene rings is 2. The second kappa shape index (κ2) is 7.86. The summed E-state index contributed by atoms with van der Waals surface area (Å²) in [7, 11) is 1.53. The standard InChI is InChI=1S/C16H14FN3O5/c1-25-12-5-2-10(3-6-12)9-18-15(21)16(22)19-11-4-7-13(17)14(8-11)20(23)24/h2-8H,9H2,1H3,(H,18,21)(H,19,22). The number of rotatable bonds is 5. The highest BCUT2D eigenvalue weighted by molar-refractivity contribution is 6.39. The number of halogens is 1. The largest absolute Gasteiger partial charge is 0.497 e. The van der Waals surface area contributed by atoms with Crippen molar-refractivity contribution < 1.29 is 23.6 Å². The Balaban J connectivity index is 1.94. The molecule has 8 nitrogen and oxygen atoms in total. The van der Waals surface area contributed by atoms with E-state index in [1.54, 1.807) is 24.3 Å². The monoisotopic (exact) mass is 347 g/mol. The van der Waals surface area contributed by atoms with Gasteiger partial charge in [-0.25, -0.2) is 0 Å². The van der Waals surface area contributed by atoms with E-state index >= 15 is 0 Å². The lowest BCUT2D eigenvalue weighted by atomic mass is 10.2. The van der Waals surface area contributed by atoms with Gasteiger partial charge in [0.1, 0.15) is 5.75 Å². The molecule has 0 spiro atoms. The Morgan fingerprint density at radius 2 is 1.84 bits per heavy atom. The molecule has 0 fully saturated rings. The van der Waals surface area contributed by atoms with Gasteiger partial charge in [-0.2, -0.15) is 4.39 Å². The summed E-state index contributed by atoms with van der Waals surface area (Å²) in [6, 6.07) is 9.66. The SMILES string of the molecule is COc1ccc(CNC(=O)C(=O)Nc2ccc(F)c([N+](=O)[O-])c2)cc1. The van der Waals surface area contributed by atoms with Crippen LogP contribution < -0.4 is 15.4 Å². The molecule has 0 aliphatic carbocycles. The van der Waals surface area contributed by atoms with E-state index in [0.29, 0.717) is 5.75 Å². The third-order valence-corrected chi connectivity index (χ3v) is 3.22. The van der Waals surface area contributed by atoms with Crippen LogP contribution >= 0.6 is 0 Å². The number of amides is 2. The van der Waals surface area contributed by atoms with Crippen molar-refractivity contribution >= 4 is 23.2 Å². The molecule has 130 valence electrons. The fourth-order valence-corrected chi connectivity index (χ4v) is 1.92. The first-order valence-corrected chi connectivity index (χ1v) is 7.06. The molecule has 9 heteroatoms. The van der Waals surface area contributed by atoms with Gasteiger partial charge in [-0.3, -0.25) is 19.7 Å². The minimum Gasteiger partial charge on any atom is -0.497 e. The third kappa shape index (κ3) is 4.74. The number of carbonyl (C=O) groups is 2. The summed E-state index contributed by atoms with van der Waals surface area (Å²) in [5.74, 6) is -2.32. The second-order valence-electron chi connectivity index (χ2n) is 4.91. The fraction of sp³-hybridized carbons (Fsp3) is 0.125. The Labute approximate surface area is 141 Å². The molecule has 0 aromatic heterocycles. The molecule has 2 aromatic carbocycles. The molecule has 0 aliphatic rings. The maximum absolute atomic E-state index is 13.2. The van der Waals surface area contributed by atoms with E-state index < -0.39 is 28.2 Å².